The first-order chi connectivity index (χ1) is 6.70. The van der Waals surface area contributed by atoms with E-state index in [9.17, 15) is 0 Å². The predicted molar refractivity (Wildman–Crippen MR) is 59.1 cm³/mol. The molecule has 0 unspecified atom stereocenters. The first-order valence-corrected chi connectivity index (χ1v) is 5.49. The van der Waals surface area contributed by atoms with E-state index in [2.05, 4.69) is 19.9 Å². The van der Waals surface area contributed by atoms with Gasteiger partial charge in [0.25, 0.3) is 0 Å². The number of fused-ring (bicyclic) bond motifs is 1. The highest BCUT2D eigenvalue weighted by Crippen LogP contribution is 2.41. The summed E-state index contributed by atoms with van der Waals surface area (Å²) in [4.78, 5) is 0. The Morgan fingerprint density at radius 2 is 2.21 bits per heavy atom. The molecular weight excluding hydrogens is 196 g/mol. The zero-order valence-electron chi connectivity index (χ0n) is 8.59. The lowest BCUT2D eigenvalue weighted by Gasteiger charge is -2.29. The zero-order chi connectivity index (χ0) is 10.1. The van der Waals surface area contributed by atoms with E-state index >= 15 is 0 Å². The van der Waals surface area contributed by atoms with Gasteiger partial charge in [-0.15, -0.1) is 0 Å². The van der Waals surface area contributed by atoms with Crippen LogP contribution in [0.15, 0.2) is 18.2 Å². The Morgan fingerprint density at radius 1 is 1.43 bits per heavy atom. The van der Waals surface area contributed by atoms with Crippen molar-refractivity contribution in [1.29, 1.82) is 0 Å². The van der Waals surface area contributed by atoms with Crippen LogP contribution in [0.25, 0.3) is 0 Å². The highest BCUT2D eigenvalue weighted by molar-refractivity contribution is 6.32. The van der Waals surface area contributed by atoms with E-state index in [0.717, 1.165) is 23.8 Å². The number of halogens is 1. The number of rotatable bonds is 1. The summed E-state index contributed by atoms with van der Waals surface area (Å²) >= 11 is 6.09. The van der Waals surface area contributed by atoms with E-state index in [1.54, 1.807) is 0 Å². The first-order valence-electron chi connectivity index (χ1n) is 5.11. The van der Waals surface area contributed by atoms with Gasteiger partial charge in [-0.3, -0.25) is 0 Å². The lowest BCUT2D eigenvalue weighted by Crippen LogP contribution is -2.18. The Hall–Kier alpha value is -0.690. The molecule has 2 heteroatoms. The van der Waals surface area contributed by atoms with Crippen LogP contribution in [0.2, 0.25) is 5.02 Å². The molecule has 0 fully saturated rings. The second-order valence-corrected chi connectivity index (χ2v) is 4.55. The molecule has 0 aliphatic carbocycles. The highest BCUT2D eigenvalue weighted by Gasteiger charge is 2.25. The van der Waals surface area contributed by atoms with Crippen LogP contribution in [0, 0.1) is 5.92 Å². The van der Waals surface area contributed by atoms with Crippen molar-refractivity contribution in [3.63, 3.8) is 0 Å². The molecule has 1 aromatic rings. The minimum Gasteiger partial charge on any atom is -0.492 e. The maximum atomic E-state index is 6.09. The number of ether oxygens (including phenoxy) is 1. The van der Waals surface area contributed by atoms with Crippen LogP contribution in [0.5, 0.6) is 5.75 Å². The fourth-order valence-electron chi connectivity index (χ4n) is 2.11. The molecule has 76 valence electrons. The summed E-state index contributed by atoms with van der Waals surface area (Å²) in [5.41, 5.74) is 1.28. The third kappa shape index (κ3) is 1.61. The van der Waals surface area contributed by atoms with Crippen molar-refractivity contribution in [2.24, 2.45) is 5.92 Å². The number of hydrogen-bond donors (Lipinski definition) is 0. The molecule has 1 aliphatic heterocycles. The lowest BCUT2D eigenvalue weighted by molar-refractivity contribution is 0.247. The quantitative estimate of drug-likeness (QED) is 0.684. The van der Waals surface area contributed by atoms with Gasteiger partial charge in [0.2, 0.25) is 0 Å². The van der Waals surface area contributed by atoms with Gasteiger partial charge in [-0.25, -0.2) is 0 Å². The van der Waals surface area contributed by atoms with Gasteiger partial charge in [0, 0.05) is 0 Å². The molecule has 0 N–H and O–H groups in total. The molecule has 0 saturated carbocycles. The molecule has 14 heavy (non-hydrogen) atoms. The maximum Gasteiger partial charge on any atom is 0.141 e. The first kappa shape index (κ1) is 9.85. The third-order valence-corrected chi connectivity index (χ3v) is 3.17. The van der Waals surface area contributed by atoms with E-state index in [1.807, 2.05) is 12.1 Å². The Morgan fingerprint density at radius 3 is 2.93 bits per heavy atom. The Bertz CT molecular complexity index is 333. The van der Waals surface area contributed by atoms with Crippen LogP contribution >= 0.6 is 11.6 Å². The summed E-state index contributed by atoms with van der Waals surface area (Å²) < 4.78 is 5.60. The number of benzene rings is 1. The Balaban J connectivity index is 2.44. The van der Waals surface area contributed by atoms with Gasteiger partial charge < -0.3 is 4.74 Å². The summed E-state index contributed by atoms with van der Waals surface area (Å²) in [6.45, 7) is 5.29. The van der Waals surface area contributed by atoms with Crippen molar-refractivity contribution in [1.82, 2.24) is 0 Å². The molecule has 1 aromatic carbocycles. The molecule has 1 atom stereocenters. The van der Waals surface area contributed by atoms with E-state index in [-0.39, 0.29) is 0 Å². The summed E-state index contributed by atoms with van der Waals surface area (Å²) in [6.07, 6.45) is 1.10. The van der Waals surface area contributed by atoms with Crippen molar-refractivity contribution < 1.29 is 4.74 Å². The lowest BCUT2D eigenvalue weighted by atomic mass is 9.84. The van der Waals surface area contributed by atoms with Gasteiger partial charge in [-0.05, 0) is 29.9 Å². The average molecular weight is 211 g/mol. The van der Waals surface area contributed by atoms with E-state index in [1.165, 1.54) is 5.56 Å². The second kappa shape index (κ2) is 3.82. The molecule has 0 saturated heterocycles. The van der Waals surface area contributed by atoms with E-state index in [0.29, 0.717) is 11.8 Å². The number of para-hydroxylation sites is 1. The van der Waals surface area contributed by atoms with Crippen LogP contribution in [0.3, 0.4) is 0 Å². The highest BCUT2D eigenvalue weighted by atomic mass is 35.5. The Labute approximate surface area is 90.0 Å². The van der Waals surface area contributed by atoms with Crippen LogP contribution in [0.1, 0.15) is 31.7 Å². The molecule has 1 nitrogen and oxygen atoms in total. The molecular formula is C12H15ClO. The summed E-state index contributed by atoms with van der Waals surface area (Å²) in [6, 6.07) is 6.03. The Kier molecular flexibility index (Phi) is 2.69. The minimum atomic E-state index is 0.595. The fourth-order valence-corrected chi connectivity index (χ4v) is 2.34. The largest absolute Gasteiger partial charge is 0.492 e. The van der Waals surface area contributed by atoms with Crippen molar-refractivity contribution >= 4 is 11.6 Å². The SMILES string of the molecule is CC(C)[C@H]1CCOc2c(Cl)cccc21. The van der Waals surface area contributed by atoms with Crippen molar-refractivity contribution in [3.05, 3.63) is 28.8 Å². The molecule has 1 heterocycles. The minimum absolute atomic E-state index is 0.595. The monoisotopic (exact) mass is 210 g/mol. The van der Waals surface area contributed by atoms with Crippen LogP contribution in [0.4, 0.5) is 0 Å². The van der Waals surface area contributed by atoms with E-state index < -0.39 is 0 Å². The van der Waals surface area contributed by atoms with Gasteiger partial charge in [-0.2, -0.15) is 0 Å². The van der Waals surface area contributed by atoms with Gasteiger partial charge in [0.1, 0.15) is 5.75 Å². The third-order valence-electron chi connectivity index (χ3n) is 2.88. The van der Waals surface area contributed by atoms with Gasteiger partial charge >= 0.3 is 0 Å². The normalized spacial score (nSPS) is 20.4. The zero-order valence-corrected chi connectivity index (χ0v) is 9.34. The molecule has 1 aliphatic rings. The molecule has 2 rings (SSSR count). The van der Waals surface area contributed by atoms with Crippen molar-refractivity contribution in [2.75, 3.05) is 6.61 Å². The summed E-state index contributed by atoms with van der Waals surface area (Å²) in [5.74, 6) is 2.15. The predicted octanol–water partition coefficient (Wildman–Crippen LogP) is 3.86. The fraction of sp³-hybridized carbons (Fsp3) is 0.500. The van der Waals surface area contributed by atoms with Crippen LogP contribution in [-0.4, -0.2) is 6.61 Å². The van der Waals surface area contributed by atoms with Gasteiger partial charge in [0.15, 0.2) is 0 Å². The maximum absolute atomic E-state index is 6.09. The average Bonchev–Trinajstić information content (AvgIpc) is 2.17. The van der Waals surface area contributed by atoms with E-state index in [4.69, 9.17) is 16.3 Å². The van der Waals surface area contributed by atoms with Gasteiger partial charge in [0.05, 0.1) is 11.6 Å². The molecule has 0 radical (unpaired) electrons. The smallest absolute Gasteiger partial charge is 0.141 e. The molecule has 0 spiro atoms. The van der Waals surface area contributed by atoms with Gasteiger partial charge in [-0.1, -0.05) is 37.6 Å². The molecule has 0 bridgehead atoms. The number of hydrogen-bond acceptors (Lipinski definition) is 1. The second-order valence-electron chi connectivity index (χ2n) is 4.15. The summed E-state index contributed by atoms with van der Waals surface area (Å²) in [5, 5.41) is 0.743. The molecule has 0 aromatic heterocycles. The van der Waals surface area contributed by atoms with Crippen LogP contribution in [-0.2, 0) is 0 Å². The van der Waals surface area contributed by atoms with Crippen molar-refractivity contribution in [3.8, 4) is 5.75 Å². The standard InChI is InChI=1S/C12H15ClO/c1-8(2)9-6-7-14-12-10(9)4-3-5-11(12)13/h3-5,8-9H,6-7H2,1-2H3/t9-/m1/s1. The van der Waals surface area contributed by atoms with Crippen molar-refractivity contribution in [2.45, 2.75) is 26.2 Å². The summed E-state index contributed by atoms with van der Waals surface area (Å²) in [7, 11) is 0. The topological polar surface area (TPSA) is 9.23 Å². The molecule has 0 amide bonds. The van der Waals surface area contributed by atoms with Crippen LogP contribution < -0.4 is 4.74 Å².